The van der Waals surface area contributed by atoms with Crippen LogP contribution in [0.3, 0.4) is 0 Å². The number of esters is 1. The van der Waals surface area contributed by atoms with E-state index in [0.717, 1.165) is 5.56 Å². The third-order valence-corrected chi connectivity index (χ3v) is 4.34. The number of hydrogen-bond donors (Lipinski definition) is 2. The summed E-state index contributed by atoms with van der Waals surface area (Å²) in [4.78, 5) is 11.8. The monoisotopic (exact) mass is 393 g/mol. The van der Waals surface area contributed by atoms with Crippen molar-refractivity contribution in [2.75, 3.05) is 10.5 Å². The maximum atomic E-state index is 12.3. The number of carbonyl (C=O) groups excluding carboxylic acids is 1. The van der Waals surface area contributed by atoms with Gasteiger partial charge in [0.05, 0.1) is 5.69 Å². The van der Waals surface area contributed by atoms with E-state index in [1.807, 2.05) is 30.3 Å². The van der Waals surface area contributed by atoms with Gasteiger partial charge in [0.2, 0.25) is 10.0 Å². The van der Waals surface area contributed by atoms with Crippen molar-refractivity contribution < 1.29 is 27.8 Å². The molecule has 27 heavy (non-hydrogen) atoms. The largest absolute Gasteiger partial charge is 0.508 e. The van der Waals surface area contributed by atoms with Gasteiger partial charge in [-0.05, 0) is 38.5 Å². The van der Waals surface area contributed by atoms with E-state index in [1.54, 1.807) is 20.8 Å². The summed E-state index contributed by atoms with van der Waals surface area (Å²) in [5.74, 6) is -1.64. The molecule has 0 aliphatic carbocycles. The van der Waals surface area contributed by atoms with Crippen molar-refractivity contribution in [3.8, 4) is 11.5 Å². The number of benzene rings is 2. The molecule has 0 amide bonds. The van der Waals surface area contributed by atoms with Crippen molar-refractivity contribution in [1.82, 2.24) is 0 Å². The fourth-order valence-corrected chi connectivity index (χ4v) is 3.12. The number of aromatic hydroxyl groups is 1. The number of hydrogen-bond acceptors (Lipinski definition) is 6. The van der Waals surface area contributed by atoms with E-state index < -0.39 is 27.3 Å². The fraction of sp³-hybridized carbons (Fsp3) is 0.316. The molecule has 0 aliphatic heterocycles. The molecule has 2 aromatic carbocycles. The first-order chi connectivity index (χ1) is 12.5. The molecule has 0 spiro atoms. The van der Waals surface area contributed by atoms with Crippen molar-refractivity contribution in [2.45, 2.75) is 33.0 Å². The average Bonchev–Trinajstić information content (AvgIpc) is 2.52. The van der Waals surface area contributed by atoms with Gasteiger partial charge in [0.15, 0.2) is 5.75 Å². The van der Waals surface area contributed by atoms with Crippen LogP contribution in [0.25, 0.3) is 0 Å². The lowest BCUT2D eigenvalue weighted by Crippen LogP contribution is -2.30. The van der Waals surface area contributed by atoms with E-state index in [0.29, 0.717) is 0 Å². The van der Waals surface area contributed by atoms with Crippen LogP contribution in [-0.2, 0) is 26.2 Å². The van der Waals surface area contributed by atoms with Crippen molar-refractivity contribution in [2.24, 2.45) is 0 Å². The highest BCUT2D eigenvalue weighted by atomic mass is 32.2. The molecule has 0 radical (unpaired) electrons. The highest BCUT2D eigenvalue weighted by Gasteiger charge is 2.24. The van der Waals surface area contributed by atoms with Crippen LogP contribution in [0.15, 0.2) is 48.5 Å². The van der Waals surface area contributed by atoms with Gasteiger partial charge in [0, 0.05) is 6.07 Å². The second-order valence-electron chi connectivity index (χ2n) is 6.90. The zero-order chi connectivity index (χ0) is 20.1. The summed E-state index contributed by atoms with van der Waals surface area (Å²) in [6, 6.07) is 13.4. The lowest BCUT2D eigenvalue weighted by molar-refractivity contribution is -0.151. The van der Waals surface area contributed by atoms with Gasteiger partial charge in [-0.2, -0.15) is 0 Å². The molecule has 0 fully saturated rings. The summed E-state index contributed by atoms with van der Waals surface area (Å²) in [7, 11) is -4.04. The minimum absolute atomic E-state index is 0.0366. The van der Waals surface area contributed by atoms with Gasteiger partial charge in [-0.15, -0.1) is 0 Å². The van der Waals surface area contributed by atoms with Crippen molar-refractivity contribution >= 4 is 21.7 Å². The summed E-state index contributed by atoms with van der Waals surface area (Å²) in [6.07, 6.45) is 0. The number of carbonyl (C=O) groups is 1. The molecule has 7 nitrogen and oxygen atoms in total. The minimum atomic E-state index is -4.04. The Bertz CT molecular complexity index is 888. The molecule has 2 aromatic rings. The Kier molecular flexibility index (Phi) is 6.32. The first-order valence-corrected chi connectivity index (χ1v) is 9.91. The number of phenols is 1. The number of nitrogens with one attached hydrogen (secondary N) is 1. The molecule has 0 atom stereocenters. The molecule has 2 N–H and O–H groups in total. The Morgan fingerprint density at radius 2 is 1.78 bits per heavy atom. The van der Waals surface area contributed by atoms with Gasteiger partial charge < -0.3 is 14.6 Å². The summed E-state index contributed by atoms with van der Waals surface area (Å²) in [5.41, 5.74) is 0.143. The maximum absolute atomic E-state index is 12.3. The normalized spacial score (nSPS) is 11.7. The molecule has 2 rings (SSSR count). The van der Waals surface area contributed by atoms with Gasteiger partial charge in [0.1, 0.15) is 23.7 Å². The SMILES string of the molecule is CC(C)(C)OC(=O)CS(=O)(=O)Nc1cc(O)ccc1OCc1ccccc1. The van der Waals surface area contributed by atoms with Gasteiger partial charge in [-0.3, -0.25) is 9.52 Å². The highest BCUT2D eigenvalue weighted by Crippen LogP contribution is 2.30. The predicted octanol–water partition coefficient (Wildman–Crippen LogP) is 3.05. The molecule has 0 saturated heterocycles. The van der Waals surface area contributed by atoms with Crippen molar-refractivity contribution in [1.29, 1.82) is 0 Å². The molecule has 0 aromatic heterocycles. The smallest absolute Gasteiger partial charge is 0.323 e. The zero-order valence-corrected chi connectivity index (χ0v) is 16.2. The topological polar surface area (TPSA) is 102 Å². The number of rotatable bonds is 7. The average molecular weight is 393 g/mol. The predicted molar refractivity (Wildman–Crippen MR) is 102 cm³/mol. The van der Waals surface area contributed by atoms with E-state index in [9.17, 15) is 18.3 Å². The highest BCUT2D eigenvalue weighted by molar-refractivity contribution is 7.93. The Labute approximate surface area is 159 Å². The second kappa shape index (κ2) is 8.30. The van der Waals surface area contributed by atoms with E-state index in [1.165, 1.54) is 18.2 Å². The molecule has 0 unspecified atom stereocenters. The molecule has 0 aliphatic rings. The van der Waals surface area contributed by atoms with E-state index >= 15 is 0 Å². The number of ether oxygens (including phenoxy) is 2. The summed E-state index contributed by atoms with van der Waals surface area (Å²) in [5, 5.41) is 9.67. The van der Waals surface area contributed by atoms with E-state index in [4.69, 9.17) is 9.47 Å². The molecular formula is C19H23NO6S. The Hall–Kier alpha value is -2.74. The lowest BCUT2D eigenvalue weighted by atomic mass is 10.2. The minimum Gasteiger partial charge on any atom is -0.508 e. The number of anilines is 1. The van der Waals surface area contributed by atoms with Crippen LogP contribution in [0.1, 0.15) is 26.3 Å². The van der Waals surface area contributed by atoms with Crippen molar-refractivity contribution in [3.63, 3.8) is 0 Å². The first kappa shape index (κ1) is 20.6. The Balaban J connectivity index is 2.12. The Morgan fingerprint density at radius 3 is 2.41 bits per heavy atom. The van der Waals surface area contributed by atoms with Crippen LogP contribution in [0.2, 0.25) is 0 Å². The molecule has 8 heteroatoms. The van der Waals surface area contributed by atoms with Crippen LogP contribution < -0.4 is 9.46 Å². The summed E-state index contributed by atoms with van der Waals surface area (Å²) >= 11 is 0. The van der Waals surface area contributed by atoms with Crippen LogP contribution in [0.5, 0.6) is 11.5 Å². The fourth-order valence-electron chi connectivity index (χ4n) is 2.19. The molecule has 146 valence electrons. The van der Waals surface area contributed by atoms with Gasteiger partial charge in [-0.25, -0.2) is 8.42 Å². The van der Waals surface area contributed by atoms with E-state index in [2.05, 4.69) is 4.72 Å². The summed E-state index contributed by atoms with van der Waals surface area (Å²) in [6.45, 7) is 5.16. The van der Waals surface area contributed by atoms with E-state index in [-0.39, 0.29) is 23.8 Å². The zero-order valence-electron chi connectivity index (χ0n) is 15.4. The molecule has 0 saturated carbocycles. The number of phenolic OH excluding ortho intramolecular Hbond substituents is 1. The molecule has 0 heterocycles. The third-order valence-electron chi connectivity index (χ3n) is 3.19. The standard InChI is InChI=1S/C19H23NO6S/c1-19(2,3)26-18(22)13-27(23,24)20-16-11-15(21)9-10-17(16)25-12-14-7-5-4-6-8-14/h4-11,20-21H,12-13H2,1-3H3. The quantitative estimate of drug-likeness (QED) is 0.701. The number of sulfonamides is 1. The van der Waals surface area contributed by atoms with Crippen LogP contribution >= 0.6 is 0 Å². The lowest BCUT2D eigenvalue weighted by Gasteiger charge is -2.20. The molecule has 0 bridgehead atoms. The van der Waals surface area contributed by atoms with Crippen LogP contribution in [0, 0.1) is 0 Å². The third kappa shape index (κ3) is 7.18. The van der Waals surface area contributed by atoms with Gasteiger partial charge >= 0.3 is 5.97 Å². The van der Waals surface area contributed by atoms with Crippen molar-refractivity contribution in [3.05, 3.63) is 54.1 Å². The molecular weight excluding hydrogens is 370 g/mol. The van der Waals surface area contributed by atoms with Gasteiger partial charge in [-0.1, -0.05) is 30.3 Å². The second-order valence-corrected chi connectivity index (χ2v) is 8.62. The Morgan fingerprint density at radius 1 is 1.11 bits per heavy atom. The van der Waals surface area contributed by atoms with Crippen LogP contribution in [0.4, 0.5) is 5.69 Å². The summed E-state index contributed by atoms with van der Waals surface area (Å²) < 4.78 is 37.5. The maximum Gasteiger partial charge on any atom is 0.323 e. The van der Waals surface area contributed by atoms with Crippen LogP contribution in [-0.4, -0.2) is 30.8 Å². The van der Waals surface area contributed by atoms with Gasteiger partial charge in [0.25, 0.3) is 0 Å². The first-order valence-electron chi connectivity index (χ1n) is 8.26.